The fraction of sp³-hybridized carbons (Fsp3) is 0.900. The highest BCUT2D eigenvalue weighted by Crippen LogP contribution is 2.57. The Kier molecular flexibility index (Phi) is 1.37. The fourth-order valence-corrected chi connectivity index (χ4v) is 2.94. The van der Waals surface area contributed by atoms with E-state index in [1.165, 1.54) is 0 Å². The number of amides is 1. The zero-order valence-corrected chi connectivity index (χ0v) is 8.29. The molecule has 1 aliphatic carbocycles. The molecule has 2 rings (SSSR count). The van der Waals surface area contributed by atoms with Crippen LogP contribution in [0, 0.1) is 17.3 Å². The molecule has 1 aliphatic heterocycles. The average molecular weight is 167 g/mol. The Morgan fingerprint density at radius 2 is 2.08 bits per heavy atom. The molecule has 1 amide bonds. The smallest absolute Gasteiger partial charge is 0.222 e. The number of carbonyl (C=O) groups excluding carboxylic acids is 1. The van der Waals surface area contributed by atoms with Crippen molar-refractivity contribution in [3.05, 3.63) is 0 Å². The molecule has 0 bridgehead atoms. The molecule has 0 aromatic carbocycles. The minimum Gasteiger partial charge on any atom is -0.342 e. The van der Waals surface area contributed by atoms with E-state index in [-0.39, 0.29) is 0 Å². The van der Waals surface area contributed by atoms with Gasteiger partial charge in [-0.15, -0.1) is 0 Å². The maximum absolute atomic E-state index is 11.4. The topological polar surface area (TPSA) is 20.3 Å². The van der Waals surface area contributed by atoms with Crippen LogP contribution in [0.25, 0.3) is 0 Å². The summed E-state index contributed by atoms with van der Waals surface area (Å²) in [6, 6.07) is 0.535. The summed E-state index contributed by atoms with van der Waals surface area (Å²) in [5, 5.41) is 0. The Morgan fingerprint density at radius 3 is 2.58 bits per heavy atom. The highest BCUT2D eigenvalue weighted by molar-refractivity contribution is 5.80. The van der Waals surface area contributed by atoms with Crippen molar-refractivity contribution >= 4 is 5.91 Å². The lowest BCUT2D eigenvalue weighted by Crippen LogP contribution is -2.57. The second-order valence-electron chi connectivity index (χ2n) is 4.92. The molecule has 68 valence electrons. The van der Waals surface area contributed by atoms with Crippen molar-refractivity contribution in [2.75, 3.05) is 7.05 Å². The fourth-order valence-electron chi connectivity index (χ4n) is 2.94. The summed E-state index contributed by atoms with van der Waals surface area (Å²) >= 11 is 0. The summed E-state index contributed by atoms with van der Waals surface area (Å²) in [4.78, 5) is 13.3. The van der Waals surface area contributed by atoms with Gasteiger partial charge in [-0.05, 0) is 17.3 Å². The van der Waals surface area contributed by atoms with Gasteiger partial charge in [0.15, 0.2) is 0 Å². The van der Waals surface area contributed by atoms with E-state index in [2.05, 4.69) is 20.8 Å². The van der Waals surface area contributed by atoms with Crippen LogP contribution in [0.4, 0.5) is 0 Å². The Labute approximate surface area is 73.9 Å². The molecule has 3 atom stereocenters. The lowest BCUT2D eigenvalue weighted by molar-refractivity contribution is -0.129. The highest BCUT2D eigenvalue weighted by Gasteiger charge is 2.60. The van der Waals surface area contributed by atoms with Crippen molar-refractivity contribution in [3.63, 3.8) is 0 Å². The first kappa shape index (κ1) is 8.09. The van der Waals surface area contributed by atoms with Crippen LogP contribution in [0.2, 0.25) is 0 Å². The molecule has 2 unspecified atom stereocenters. The standard InChI is InChI=1S/C10H17NO/c1-6-9-7(10(6,2)3)5-8(12)11(9)4/h6-7,9H,5H2,1-4H3/t6?,7-,9?/m1/s1. The van der Waals surface area contributed by atoms with Crippen molar-refractivity contribution in [3.8, 4) is 0 Å². The number of rotatable bonds is 0. The predicted octanol–water partition coefficient (Wildman–Crippen LogP) is 1.51. The van der Waals surface area contributed by atoms with Gasteiger partial charge in [-0.1, -0.05) is 20.8 Å². The molecular weight excluding hydrogens is 150 g/mol. The second-order valence-corrected chi connectivity index (χ2v) is 4.92. The third-order valence-corrected chi connectivity index (χ3v) is 4.29. The van der Waals surface area contributed by atoms with Gasteiger partial charge in [0.05, 0.1) is 0 Å². The van der Waals surface area contributed by atoms with E-state index in [4.69, 9.17) is 0 Å². The molecule has 0 radical (unpaired) electrons. The van der Waals surface area contributed by atoms with Crippen molar-refractivity contribution in [2.24, 2.45) is 17.3 Å². The molecule has 2 aliphatic rings. The van der Waals surface area contributed by atoms with Gasteiger partial charge in [-0.2, -0.15) is 0 Å². The van der Waals surface area contributed by atoms with E-state index < -0.39 is 0 Å². The summed E-state index contributed by atoms with van der Waals surface area (Å²) in [7, 11) is 1.94. The average Bonchev–Trinajstić information content (AvgIpc) is 2.28. The normalized spacial score (nSPS) is 44.2. The maximum Gasteiger partial charge on any atom is 0.222 e. The zero-order chi connectivity index (χ0) is 9.09. The van der Waals surface area contributed by atoms with Gasteiger partial charge >= 0.3 is 0 Å². The molecule has 1 heterocycles. The third kappa shape index (κ3) is 0.686. The molecule has 1 saturated heterocycles. The van der Waals surface area contributed by atoms with Crippen LogP contribution in [0.5, 0.6) is 0 Å². The van der Waals surface area contributed by atoms with Crippen molar-refractivity contribution in [1.82, 2.24) is 4.90 Å². The van der Waals surface area contributed by atoms with Gasteiger partial charge in [-0.3, -0.25) is 4.79 Å². The predicted molar refractivity (Wildman–Crippen MR) is 47.6 cm³/mol. The summed E-state index contributed by atoms with van der Waals surface area (Å²) in [5.74, 6) is 1.62. The molecule has 0 N–H and O–H groups in total. The summed E-state index contributed by atoms with van der Waals surface area (Å²) in [5.41, 5.74) is 0.380. The lowest BCUT2D eigenvalue weighted by Gasteiger charge is -2.55. The van der Waals surface area contributed by atoms with E-state index in [1.54, 1.807) is 0 Å². The Bertz CT molecular complexity index is 234. The van der Waals surface area contributed by atoms with Crippen molar-refractivity contribution in [1.29, 1.82) is 0 Å². The Balaban J connectivity index is 2.24. The molecule has 0 spiro atoms. The highest BCUT2D eigenvalue weighted by atomic mass is 16.2. The number of fused-ring (bicyclic) bond motifs is 1. The van der Waals surface area contributed by atoms with Gasteiger partial charge < -0.3 is 4.90 Å². The molecule has 2 heteroatoms. The lowest BCUT2D eigenvalue weighted by atomic mass is 9.52. The quantitative estimate of drug-likeness (QED) is 0.535. The van der Waals surface area contributed by atoms with Crippen LogP contribution in [-0.4, -0.2) is 23.9 Å². The molecule has 12 heavy (non-hydrogen) atoms. The van der Waals surface area contributed by atoms with Crippen LogP contribution in [0.1, 0.15) is 27.2 Å². The van der Waals surface area contributed by atoms with Crippen molar-refractivity contribution < 1.29 is 4.79 Å². The molecule has 1 saturated carbocycles. The SMILES string of the molecule is CC1C2[C@@H](CC(=O)N2C)C1(C)C. The first-order valence-electron chi connectivity index (χ1n) is 4.72. The summed E-state index contributed by atoms with van der Waals surface area (Å²) < 4.78 is 0. The van der Waals surface area contributed by atoms with Crippen LogP contribution in [0.3, 0.4) is 0 Å². The van der Waals surface area contributed by atoms with E-state index in [9.17, 15) is 4.79 Å². The van der Waals surface area contributed by atoms with Gasteiger partial charge in [0, 0.05) is 19.5 Å². The van der Waals surface area contributed by atoms with Crippen LogP contribution in [-0.2, 0) is 4.79 Å². The summed E-state index contributed by atoms with van der Waals surface area (Å²) in [6.45, 7) is 6.83. The molecule has 2 nitrogen and oxygen atoms in total. The molecule has 0 aromatic heterocycles. The first-order valence-corrected chi connectivity index (χ1v) is 4.72. The number of hydrogen-bond acceptors (Lipinski definition) is 1. The van der Waals surface area contributed by atoms with E-state index in [0.717, 1.165) is 6.42 Å². The van der Waals surface area contributed by atoms with Gasteiger partial charge in [0.2, 0.25) is 5.91 Å². The molecular formula is C10H17NO. The van der Waals surface area contributed by atoms with Gasteiger partial charge in [0.25, 0.3) is 0 Å². The van der Waals surface area contributed by atoms with E-state index in [0.29, 0.717) is 29.2 Å². The van der Waals surface area contributed by atoms with E-state index >= 15 is 0 Å². The minimum absolute atomic E-state index is 0.336. The van der Waals surface area contributed by atoms with Crippen LogP contribution in [0.15, 0.2) is 0 Å². The third-order valence-electron chi connectivity index (χ3n) is 4.29. The van der Waals surface area contributed by atoms with Gasteiger partial charge in [-0.25, -0.2) is 0 Å². The largest absolute Gasteiger partial charge is 0.342 e. The van der Waals surface area contributed by atoms with E-state index in [1.807, 2.05) is 11.9 Å². The number of carbonyl (C=O) groups is 1. The first-order chi connectivity index (χ1) is 5.46. The second kappa shape index (κ2) is 2.04. The van der Waals surface area contributed by atoms with Gasteiger partial charge in [0.1, 0.15) is 0 Å². The summed E-state index contributed by atoms with van der Waals surface area (Å²) in [6.07, 6.45) is 0.776. The molecule has 0 aromatic rings. The minimum atomic E-state index is 0.336. The van der Waals surface area contributed by atoms with Crippen LogP contribution < -0.4 is 0 Å². The Hall–Kier alpha value is -0.530. The number of hydrogen-bond donors (Lipinski definition) is 0. The van der Waals surface area contributed by atoms with Crippen LogP contribution >= 0.6 is 0 Å². The maximum atomic E-state index is 11.4. The molecule has 2 fully saturated rings. The zero-order valence-electron chi connectivity index (χ0n) is 8.29. The monoisotopic (exact) mass is 167 g/mol. The number of likely N-dealkylation sites (tertiary alicyclic amines) is 1. The van der Waals surface area contributed by atoms with Crippen molar-refractivity contribution in [2.45, 2.75) is 33.2 Å². The number of nitrogens with zero attached hydrogens (tertiary/aromatic N) is 1. The Morgan fingerprint density at radius 1 is 1.50 bits per heavy atom.